The second kappa shape index (κ2) is 16.1. The van der Waals surface area contributed by atoms with Gasteiger partial charge in [0.15, 0.2) is 5.78 Å². The number of Topliss-reactive ketones (excluding diaryl/α,β-unsaturated/α-hetero) is 1. The van der Waals surface area contributed by atoms with E-state index in [2.05, 4.69) is 21.3 Å². The number of halogens is 1. The van der Waals surface area contributed by atoms with Crippen LogP contribution in [-0.2, 0) is 36.9 Å². The molecule has 0 spiro atoms. The molecule has 0 heterocycles. The summed E-state index contributed by atoms with van der Waals surface area (Å²) in [6, 6.07) is 15.4. The average Bonchev–Trinajstić information content (AvgIpc) is 2.93. The van der Waals surface area contributed by atoms with Crippen LogP contribution in [0.2, 0.25) is 0 Å². The zero-order valence-electron chi connectivity index (χ0n) is 22.2. The van der Waals surface area contributed by atoms with Crippen LogP contribution in [0, 0.1) is 5.92 Å². The first-order valence-electron chi connectivity index (χ1n) is 12.6. The number of rotatable bonds is 14. The fourth-order valence-corrected chi connectivity index (χ4v) is 3.76. The fourth-order valence-electron chi connectivity index (χ4n) is 3.60. The molecular formula is C28H35ClN4O6. The SMILES string of the molecule is CC(C)[C@H](NC(=O)[C@H](C)NC(=O)CNC(=O)[C@H](Cc1ccccc1)NC(=O)OCc1ccccc1)C(=O)CCl. The number of carbonyl (C=O) groups excluding carboxylic acids is 5. The number of alkyl carbamates (subject to hydrolysis) is 1. The molecule has 210 valence electrons. The van der Waals surface area contributed by atoms with Crippen LogP contribution < -0.4 is 21.3 Å². The van der Waals surface area contributed by atoms with Gasteiger partial charge in [0.25, 0.3) is 0 Å². The van der Waals surface area contributed by atoms with Crippen LogP contribution in [0.3, 0.4) is 0 Å². The predicted molar refractivity (Wildman–Crippen MR) is 147 cm³/mol. The highest BCUT2D eigenvalue weighted by molar-refractivity contribution is 6.28. The van der Waals surface area contributed by atoms with Gasteiger partial charge < -0.3 is 26.0 Å². The van der Waals surface area contributed by atoms with Gasteiger partial charge in [-0.1, -0.05) is 74.5 Å². The van der Waals surface area contributed by atoms with Gasteiger partial charge in [0, 0.05) is 6.42 Å². The molecule has 4 N–H and O–H groups in total. The van der Waals surface area contributed by atoms with Crippen LogP contribution >= 0.6 is 11.6 Å². The number of amides is 4. The van der Waals surface area contributed by atoms with Crippen LogP contribution in [0.1, 0.15) is 31.9 Å². The van der Waals surface area contributed by atoms with Gasteiger partial charge >= 0.3 is 6.09 Å². The van der Waals surface area contributed by atoms with Gasteiger partial charge in [-0.3, -0.25) is 19.2 Å². The lowest BCUT2D eigenvalue weighted by Crippen LogP contribution is -2.54. The Morgan fingerprint density at radius 1 is 0.795 bits per heavy atom. The number of hydrogen-bond donors (Lipinski definition) is 4. The lowest BCUT2D eigenvalue weighted by molar-refractivity contribution is -0.131. The third kappa shape index (κ3) is 11.2. The normalized spacial score (nSPS) is 12.9. The third-order valence-electron chi connectivity index (χ3n) is 5.74. The summed E-state index contributed by atoms with van der Waals surface area (Å²) in [6.45, 7) is 4.59. The lowest BCUT2D eigenvalue weighted by atomic mass is 10.0. The fraction of sp³-hybridized carbons (Fsp3) is 0.393. The number of nitrogens with one attached hydrogen (secondary N) is 4. The van der Waals surface area contributed by atoms with Crippen molar-refractivity contribution in [3.8, 4) is 0 Å². The smallest absolute Gasteiger partial charge is 0.408 e. The van der Waals surface area contributed by atoms with Crippen molar-refractivity contribution in [1.29, 1.82) is 0 Å². The largest absolute Gasteiger partial charge is 0.445 e. The second-order valence-electron chi connectivity index (χ2n) is 9.29. The number of alkyl halides is 1. The number of carbonyl (C=O) groups is 5. The lowest BCUT2D eigenvalue weighted by Gasteiger charge is -2.23. The summed E-state index contributed by atoms with van der Waals surface area (Å²) >= 11 is 5.62. The first-order chi connectivity index (χ1) is 18.6. The second-order valence-corrected chi connectivity index (χ2v) is 9.55. The number of ketones is 1. The summed E-state index contributed by atoms with van der Waals surface area (Å²) in [6.07, 6.45) is -0.616. The first-order valence-corrected chi connectivity index (χ1v) is 13.1. The maximum absolute atomic E-state index is 12.9. The molecule has 0 saturated heterocycles. The van der Waals surface area contributed by atoms with E-state index in [1.807, 2.05) is 48.5 Å². The average molecular weight is 559 g/mol. The Labute approximate surface area is 233 Å². The van der Waals surface area contributed by atoms with Crippen molar-refractivity contribution in [3.63, 3.8) is 0 Å². The summed E-state index contributed by atoms with van der Waals surface area (Å²) in [5.74, 6) is -2.54. The summed E-state index contributed by atoms with van der Waals surface area (Å²) in [5, 5.41) is 10.1. The van der Waals surface area contributed by atoms with Crippen molar-refractivity contribution in [2.45, 2.75) is 51.9 Å². The van der Waals surface area contributed by atoms with Crippen LogP contribution in [0.5, 0.6) is 0 Å². The Morgan fingerprint density at radius 2 is 1.38 bits per heavy atom. The van der Waals surface area contributed by atoms with Gasteiger partial charge in [0.05, 0.1) is 18.5 Å². The molecule has 0 aliphatic rings. The van der Waals surface area contributed by atoms with E-state index < -0.39 is 48.5 Å². The maximum atomic E-state index is 12.9. The Balaban J connectivity index is 1.93. The molecule has 0 radical (unpaired) electrons. The number of hydrogen-bond acceptors (Lipinski definition) is 6. The molecule has 0 saturated carbocycles. The van der Waals surface area contributed by atoms with E-state index in [0.29, 0.717) is 0 Å². The standard InChI is InChI=1S/C28H35ClN4O6/c1-18(2)25(23(34)15-29)33-26(36)19(3)31-24(35)16-30-27(37)22(14-20-10-6-4-7-11-20)32-28(38)39-17-21-12-8-5-9-13-21/h4-13,18-19,22,25H,14-17H2,1-3H3,(H,30,37)(H,31,35)(H,32,38)(H,33,36)/t19-,22-,25-/m0/s1. The minimum atomic E-state index is -1.02. The van der Waals surface area contributed by atoms with Crippen molar-refractivity contribution < 1.29 is 28.7 Å². The minimum absolute atomic E-state index is 0.0306. The molecule has 10 nitrogen and oxygen atoms in total. The van der Waals surface area contributed by atoms with Gasteiger partial charge in [-0.25, -0.2) is 4.79 Å². The van der Waals surface area contributed by atoms with E-state index in [9.17, 15) is 24.0 Å². The van der Waals surface area contributed by atoms with Crippen molar-refractivity contribution >= 4 is 41.2 Å². The van der Waals surface area contributed by atoms with Crippen LogP contribution in [-0.4, -0.2) is 60.1 Å². The molecule has 3 atom stereocenters. The Bertz CT molecular complexity index is 1110. The minimum Gasteiger partial charge on any atom is -0.445 e. The zero-order chi connectivity index (χ0) is 28.8. The molecule has 2 rings (SSSR count). The Morgan fingerprint density at radius 3 is 1.95 bits per heavy atom. The van der Waals surface area contributed by atoms with E-state index in [0.717, 1.165) is 11.1 Å². The van der Waals surface area contributed by atoms with Crippen molar-refractivity contribution in [3.05, 3.63) is 71.8 Å². The van der Waals surface area contributed by atoms with E-state index in [4.69, 9.17) is 16.3 Å². The summed E-state index contributed by atoms with van der Waals surface area (Å²) in [5.41, 5.74) is 1.58. The Hall–Kier alpha value is -3.92. The molecule has 0 aliphatic carbocycles. The predicted octanol–water partition coefficient (Wildman–Crippen LogP) is 2.09. The molecule has 39 heavy (non-hydrogen) atoms. The summed E-state index contributed by atoms with van der Waals surface area (Å²) < 4.78 is 5.24. The Kier molecular flexibility index (Phi) is 12.9. The van der Waals surface area contributed by atoms with E-state index in [1.165, 1.54) is 6.92 Å². The van der Waals surface area contributed by atoms with Crippen molar-refractivity contribution in [2.24, 2.45) is 5.92 Å². The van der Waals surface area contributed by atoms with Gasteiger partial charge in [-0.2, -0.15) is 0 Å². The van der Waals surface area contributed by atoms with Gasteiger partial charge in [-0.15, -0.1) is 11.6 Å². The molecule has 2 aromatic carbocycles. The van der Waals surface area contributed by atoms with Crippen LogP contribution in [0.4, 0.5) is 4.79 Å². The van der Waals surface area contributed by atoms with Crippen LogP contribution in [0.25, 0.3) is 0 Å². The highest BCUT2D eigenvalue weighted by atomic mass is 35.5. The highest BCUT2D eigenvalue weighted by Gasteiger charge is 2.27. The summed E-state index contributed by atoms with van der Waals surface area (Å²) in [4.78, 5) is 62.2. The van der Waals surface area contributed by atoms with E-state index >= 15 is 0 Å². The van der Waals surface area contributed by atoms with Gasteiger partial charge in [0.1, 0.15) is 18.7 Å². The van der Waals surface area contributed by atoms with E-state index in [1.54, 1.807) is 26.0 Å². The molecular weight excluding hydrogens is 524 g/mol. The van der Waals surface area contributed by atoms with Crippen molar-refractivity contribution in [2.75, 3.05) is 12.4 Å². The number of benzene rings is 2. The number of ether oxygens (including phenoxy) is 1. The van der Waals surface area contributed by atoms with Crippen molar-refractivity contribution in [1.82, 2.24) is 21.3 Å². The first kappa shape index (κ1) is 31.3. The molecule has 0 unspecified atom stereocenters. The van der Waals surface area contributed by atoms with Gasteiger partial charge in [-0.05, 0) is 24.0 Å². The molecule has 0 fully saturated rings. The molecule has 4 amide bonds. The topological polar surface area (TPSA) is 143 Å². The molecule has 2 aromatic rings. The van der Waals surface area contributed by atoms with E-state index in [-0.39, 0.29) is 30.6 Å². The monoisotopic (exact) mass is 558 g/mol. The maximum Gasteiger partial charge on any atom is 0.408 e. The quantitative estimate of drug-likeness (QED) is 0.262. The molecule has 11 heteroatoms. The molecule has 0 aromatic heterocycles. The van der Waals surface area contributed by atoms with Gasteiger partial charge in [0.2, 0.25) is 17.7 Å². The molecule has 0 bridgehead atoms. The molecule has 0 aliphatic heterocycles. The highest BCUT2D eigenvalue weighted by Crippen LogP contribution is 2.06. The zero-order valence-corrected chi connectivity index (χ0v) is 23.0. The third-order valence-corrected chi connectivity index (χ3v) is 6.00. The summed E-state index contributed by atoms with van der Waals surface area (Å²) in [7, 11) is 0. The van der Waals surface area contributed by atoms with Crippen LogP contribution in [0.15, 0.2) is 60.7 Å².